The quantitative estimate of drug-likeness (QED) is 0.250. The van der Waals surface area contributed by atoms with Gasteiger partial charge in [0.05, 0.1) is 13.0 Å². The predicted octanol–water partition coefficient (Wildman–Crippen LogP) is 5.22. The zero-order valence-corrected chi connectivity index (χ0v) is 27.4. The van der Waals surface area contributed by atoms with Crippen molar-refractivity contribution < 1.29 is 33.8 Å². The summed E-state index contributed by atoms with van der Waals surface area (Å²) in [5.74, 6) is -1.32. The molecule has 0 aromatic heterocycles. The molecule has 0 saturated heterocycles. The van der Waals surface area contributed by atoms with Crippen LogP contribution < -0.4 is 10.6 Å². The Morgan fingerprint density at radius 1 is 0.886 bits per heavy atom. The van der Waals surface area contributed by atoms with E-state index in [0.29, 0.717) is 17.5 Å². The molecule has 10 nitrogen and oxygen atoms in total. The molecule has 0 aliphatic carbocycles. The van der Waals surface area contributed by atoms with Crippen LogP contribution in [0.1, 0.15) is 91.0 Å². The highest BCUT2D eigenvalue weighted by atomic mass is 16.6. The van der Waals surface area contributed by atoms with E-state index in [4.69, 9.17) is 9.47 Å². The molecular weight excluding hydrogens is 562 g/mol. The second-order valence-electron chi connectivity index (χ2n) is 12.3. The third kappa shape index (κ3) is 10.9. The van der Waals surface area contributed by atoms with Gasteiger partial charge in [-0.1, -0.05) is 50.2 Å². The molecule has 0 fully saturated rings. The van der Waals surface area contributed by atoms with Crippen LogP contribution in [-0.2, 0) is 36.7 Å². The number of phenols is 1. The zero-order valence-electron chi connectivity index (χ0n) is 27.4. The minimum absolute atomic E-state index is 0.0180. The second kappa shape index (κ2) is 16.1. The molecule has 2 rings (SSSR count). The molecule has 0 aliphatic rings. The first-order valence-corrected chi connectivity index (χ1v) is 15.2. The number of carbonyl (C=O) groups excluding carboxylic acids is 4. The van der Waals surface area contributed by atoms with Gasteiger partial charge in [0.1, 0.15) is 23.4 Å². The van der Waals surface area contributed by atoms with Gasteiger partial charge in [0.15, 0.2) is 0 Å². The Balaban J connectivity index is 2.61. The lowest BCUT2D eigenvalue weighted by Gasteiger charge is -2.44. The molecule has 2 atom stereocenters. The highest BCUT2D eigenvalue weighted by molar-refractivity contribution is 5.93. The summed E-state index contributed by atoms with van der Waals surface area (Å²) in [6, 6.07) is 11.7. The molecule has 2 aromatic rings. The lowest BCUT2D eigenvalue weighted by Crippen LogP contribution is -2.60. The van der Waals surface area contributed by atoms with Gasteiger partial charge in [0.25, 0.3) is 0 Å². The fraction of sp³-hybridized carbons (Fsp3) is 0.529. The van der Waals surface area contributed by atoms with Crippen molar-refractivity contribution in [3.8, 4) is 5.75 Å². The maximum absolute atomic E-state index is 14.7. The van der Waals surface area contributed by atoms with Crippen molar-refractivity contribution in [3.63, 3.8) is 0 Å². The average Bonchev–Trinajstić information content (AvgIpc) is 2.95. The summed E-state index contributed by atoms with van der Waals surface area (Å²) in [4.78, 5) is 55.1. The highest BCUT2D eigenvalue weighted by Crippen LogP contribution is 2.33. The number of benzene rings is 2. The first kappa shape index (κ1) is 36.1. The fourth-order valence-corrected chi connectivity index (χ4v) is 4.60. The number of nitrogens with zero attached hydrogens (tertiary/aromatic N) is 1. The first-order valence-electron chi connectivity index (χ1n) is 15.2. The standard InChI is InChI=1S/C34H49N3O7/c1-9-23-12-16-25(17-13-23)29(30(40)35-21-20-28(39)43-11-3)37(34(7,8)10-2)31(41)27(36-32(42)44-33(4,5)6)22-24-14-18-26(38)19-15-24/h12-19,27,29,38H,9-11,20-22H2,1-8H3,(H,35,40)(H,36,42). The van der Waals surface area contributed by atoms with Crippen LogP contribution in [0.4, 0.5) is 4.79 Å². The molecule has 2 unspecified atom stereocenters. The van der Waals surface area contributed by atoms with Crippen LogP contribution in [0.25, 0.3) is 0 Å². The minimum Gasteiger partial charge on any atom is -0.508 e. The van der Waals surface area contributed by atoms with Crippen LogP contribution in [-0.4, -0.2) is 64.2 Å². The number of esters is 1. The maximum Gasteiger partial charge on any atom is 0.408 e. The Morgan fingerprint density at radius 2 is 1.48 bits per heavy atom. The molecule has 3 amide bonds. The van der Waals surface area contributed by atoms with E-state index in [0.717, 1.165) is 12.0 Å². The number of ether oxygens (including phenoxy) is 2. The van der Waals surface area contributed by atoms with Crippen molar-refractivity contribution in [2.75, 3.05) is 13.2 Å². The van der Waals surface area contributed by atoms with Gasteiger partial charge in [0.2, 0.25) is 11.8 Å². The summed E-state index contributed by atoms with van der Waals surface area (Å²) < 4.78 is 10.5. The Labute approximate surface area is 261 Å². The van der Waals surface area contributed by atoms with Crippen molar-refractivity contribution in [2.24, 2.45) is 0 Å². The van der Waals surface area contributed by atoms with Crippen LogP contribution in [0.15, 0.2) is 48.5 Å². The van der Waals surface area contributed by atoms with E-state index in [-0.39, 0.29) is 31.7 Å². The zero-order chi connectivity index (χ0) is 33.1. The van der Waals surface area contributed by atoms with E-state index >= 15 is 0 Å². The molecule has 0 radical (unpaired) electrons. The molecule has 0 heterocycles. The molecule has 2 aromatic carbocycles. The first-order chi connectivity index (χ1) is 20.6. The number of amides is 3. The van der Waals surface area contributed by atoms with E-state index in [1.54, 1.807) is 39.8 Å². The summed E-state index contributed by atoms with van der Waals surface area (Å²) in [7, 11) is 0. The van der Waals surface area contributed by atoms with Crippen molar-refractivity contribution in [1.29, 1.82) is 0 Å². The summed E-state index contributed by atoms with van der Waals surface area (Å²) in [5, 5.41) is 15.4. The van der Waals surface area contributed by atoms with Gasteiger partial charge in [-0.05, 0) is 83.2 Å². The molecular formula is C34H49N3O7. The van der Waals surface area contributed by atoms with E-state index in [1.165, 1.54) is 17.0 Å². The number of rotatable bonds is 14. The Morgan fingerprint density at radius 3 is 2.00 bits per heavy atom. The van der Waals surface area contributed by atoms with E-state index in [2.05, 4.69) is 10.6 Å². The van der Waals surface area contributed by atoms with Crippen LogP contribution in [0.2, 0.25) is 0 Å². The van der Waals surface area contributed by atoms with Gasteiger partial charge < -0.3 is 30.1 Å². The van der Waals surface area contributed by atoms with E-state index in [9.17, 15) is 24.3 Å². The van der Waals surface area contributed by atoms with Gasteiger partial charge in [-0.15, -0.1) is 0 Å². The molecule has 44 heavy (non-hydrogen) atoms. The second-order valence-corrected chi connectivity index (χ2v) is 12.3. The van der Waals surface area contributed by atoms with Crippen LogP contribution in [0, 0.1) is 0 Å². The number of hydrogen-bond acceptors (Lipinski definition) is 7. The molecule has 242 valence electrons. The van der Waals surface area contributed by atoms with Crippen molar-refractivity contribution in [1.82, 2.24) is 15.5 Å². The monoisotopic (exact) mass is 611 g/mol. The predicted molar refractivity (Wildman–Crippen MR) is 169 cm³/mol. The van der Waals surface area contributed by atoms with Gasteiger partial charge in [-0.3, -0.25) is 14.4 Å². The maximum atomic E-state index is 14.7. The highest BCUT2D eigenvalue weighted by Gasteiger charge is 2.43. The number of phenolic OH excluding ortho intramolecular Hbond substituents is 1. The van der Waals surface area contributed by atoms with Crippen molar-refractivity contribution >= 4 is 23.9 Å². The summed E-state index contributed by atoms with van der Waals surface area (Å²) >= 11 is 0. The molecule has 0 aliphatic heterocycles. The average molecular weight is 612 g/mol. The lowest BCUT2D eigenvalue weighted by molar-refractivity contribution is -0.149. The van der Waals surface area contributed by atoms with Crippen LogP contribution in [0.3, 0.4) is 0 Å². The number of aryl methyl sites for hydroxylation is 1. The number of aromatic hydroxyl groups is 1. The van der Waals surface area contributed by atoms with Gasteiger partial charge in [-0.25, -0.2) is 4.79 Å². The van der Waals surface area contributed by atoms with Crippen molar-refractivity contribution in [3.05, 3.63) is 65.2 Å². The van der Waals surface area contributed by atoms with Gasteiger partial charge in [-0.2, -0.15) is 0 Å². The normalized spacial score (nSPS) is 12.9. The third-order valence-corrected chi connectivity index (χ3v) is 7.26. The fourth-order valence-electron chi connectivity index (χ4n) is 4.60. The molecule has 0 bridgehead atoms. The smallest absolute Gasteiger partial charge is 0.408 e. The summed E-state index contributed by atoms with van der Waals surface area (Å²) in [5.41, 5.74) is 0.702. The molecule has 3 N–H and O–H groups in total. The number of alkyl carbamates (subject to hydrolysis) is 1. The Bertz CT molecular complexity index is 1250. The SMILES string of the molecule is CCOC(=O)CCNC(=O)C(c1ccc(CC)cc1)N(C(=O)C(Cc1ccc(O)cc1)NC(=O)OC(C)(C)C)C(C)(C)CC. The largest absolute Gasteiger partial charge is 0.508 e. The topological polar surface area (TPSA) is 134 Å². The van der Waals surface area contributed by atoms with Crippen LogP contribution >= 0.6 is 0 Å². The van der Waals surface area contributed by atoms with E-state index < -0.39 is 47.1 Å². The molecule has 10 heteroatoms. The lowest BCUT2D eigenvalue weighted by atomic mass is 9.90. The summed E-state index contributed by atoms with van der Waals surface area (Å²) in [6.07, 6.45) is 0.591. The van der Waals surface area contributed by atoms with Crippen LogP contribution in [0.5, 0.6) is 5.75 Å². The Hall–Kier alpha value is -4.08. The van der Waals surface area contributed by atoms with Crippen molar-refractivity contribution in [2.45, 2.75) is 104 Å². The minimum atomic E-state index is -1.11. The summed E-state index contributed by atoms with van der Waals surface area (Å²) in [6.45, 7) is 14.9. The van der Waals surface area contributed by atoms with E-state index in [1.807, 2.05) is 52.0 Å². The van der Waals surface area contributed by atoms with Gasteiger partial charge in [0, 0.05) is 18.5 Å². The Kier molecular flexibility index (Phi) is 13.2. The van der Waals surface area contributed by atoms with Gasteiger partial charge >= 0.3 is 12.1 Å². The number of nitrogens with one attached hydrogen (secondary N) is 2. The number of hydrogen-bond donors (Lipinski definition) is 3. The number of carbonyl (C=O) groups is 4. The molecule has 0 saturated carbocycles. The third-order valence-electron chi connectivity index (χ3n) is 7.26. The molecule has 0 spiro atoms.